The number of hydrogen-bond donors (Lipinski definition) is 0. The summed E-state index contributed by atoms with van der Waals surface area (Å²) in [6.45, 7) is 7.87. The van der Waals surface area contributed by atoms with Crippen LogP contribution in [-0.2, 0) is 18.9 Å². The second-order valence-corrected chi connectivity index (χ2v) is 7.94. The minimum Gasteiger partial charge on any atom is -0.339 e. The van der Waals surface area contributed by atoms with Gasteiger partial charge in [-0.2, -0.15) is 0 Å². The molecule has 0 aliphatic carbocycles. The largest absolute Gasteiger partial charge is 0.339 e. The summed E-state index contributed by atoms with van der Waals surface area (Å²) < 4.78 is 3.12. The highest BCUT2D eigenvalue weighted by Crippen LogP contribution is 2.20. The second kappa shape index (κ2) is 6.30. The molecule has 0 unspecified atom stereocenters. The van der Waals surface area contributed by atoms with Crippen molar-refractivity contribution in [1.82, 2.24) is 18.9 Å². The SMILES string of the molecule is Cn1c(=O)n(C)c2cc(C(=O)N3CCN(C(=O)C(C)(C)C)CC3)ccc21. The molecule has 1 aromatic carbocycles. The van der Waals surface area contributed by atoms with Crippen LogP contribution in [-0.4, -0.2) is 56.9 Å². The van der Waals surface area contributed by atoms with Crippen molar-refractivity contribution >= 4 is 22.8 Å². The van der Waals surface area contributed by atoms with Gasteiger partial charge in [0.05, 0.1) is 11.0 Å². The van der Waals surface area contributed by atoms with Crippen LogP contribution in [0, 0.1) is 5.41 Å². The number of aryl methyl sites for hydroxylation is 2. The molecule has 0 saturated carbocycles. The third kappa shape index (κ3) is 3.02. The summed E-state index contributed by atoms with van der Waals surface area (Å²) in [6.07, 6.45) is 0. The highest BCUT2D eigenvalue weighted by atomic mass is 16.2. The second-order valence-electron chi connectivity index (χ2n) is 7.94. The lowest BCUT2D eigenvalue weighted by Crippen LogP contribution is -2.53. The Kier molecular flexibility index (Phi) is 4.42. The van der Waals surface area contributed by atoms with Gasteiger partial charge in [0.1, 0.15) is 0 Å². The fourth-order valence-corrected chi connectivity index (χ4v) is 3.41. The number of imidazole rings is 1. The van der Waals surface area contributed by atoms with Crippen molar-refractivity contribution in [3.63, 3.8) is 0 Å². The van der Waals surface area contributed by atoms with Crippen LogP contribution in [0.4, 0.5) is 0 Å². The third-order valence-electron chi connectivity index (χ3n) is 5.01. The molecule has 1 aliphatic heterocycles. The highest BCUT2D eigenvalue weighted by Gasteiger charge is 2.31. The van der Waals surface area contributed by atoms with E-state index in [9.17, 15) is 14.4 Å². The van der Waals surface area contributed by atoms with Crippen LogP contribution in [0.2, 0.25) is 0 Å². The molecule has 1 aliphatic rings. The van der Waals surface area contributed by atoms with Crippen LogP contribution in [0.5, 0.6) is 0 Å². The lowest BCUT2D eigenvalue weighted by molar-refractivity contribution is -0.140. The molecule has 3 rings (SSSR count). The molecular weight excluding hydrogens is 332 g/mol. The summed E-state index contributed by atoms with van der Waals surface area (Å²) in [5.74, 6) is 0.0522. The Bertz CT molecular complexity index is 925. The van der Waals surface area contributed by atoms with Gasteiger partial charge in [-0.15, -0.1) is 0 Å². The minimum absolute atomic E-state index is 0.0638. The first kappa shape index (κ1) is 18.2. The Hall–Kier alpha value is -2.57. The maximum absolute atomic E-state index is 12.8. The zero-order valence-corrected chi connectivity index (χ0v) is 16.1. The molecule has 7 heteroatoms. The molecule has 140 valence electrons. The van der Waals surface area contributed by atoms with Crippen LogP contribution in [0.15, 0.2) is 23.0 Å². The predicted molar refractivity (Wildman–Crippen MR) is 100 cm³/mol. The number of fused-ring (bicyclic) bond motifs is 1. The van der Waals surface area contributed by atoms with Gasteiger partial charge < -0.3 is 9.80 Å². The molecule has 1 saturated heterocycles. The third-order valence-corrected chi connectivity index (χ3v) is 5.01. The molecule has 1 aromatic heterocycles. The summed E-state index contributed by atoms with van der Waals surface area (Å²) in [5, 5.41) is 0. The summed E-state index contributed by atoms with van der Waals surface area (Å²) in [6, 6.07) is 5.34. The van der Waals surface area contributed by atoms with Gasteiger partial charge in [0.15, 0.2) is 0 Å². The van der Waals surface area contributed by atoms with Gasteiger partial charge in [0.2, 0.25) is 5.91 Å². The molecule has 2 amide bonds. The molecule has 0 atom stereocenters. The molecule has 26 heavy (non-hydrogen) atoms. The van der Waals surface area contributed by atoms with E-state index in [0.717, 1.165) is 11.0 Å². The van der Waals surface area contributed by atoms with Gasteiger partial charge in [0, 0.05) is 51.3 Å². The number of amides is 2. The van der Waals surface area contributed by atoms with E-state index in [2.05, 4.69) is 0 Å². The number of aromatic nitrogens is 2. The van der Waals surface area contributed by atoms with Gasteiger partial charge in [-0.05, 0) is 18.2 Å². The van der Waals surface area contributed by atoms with Gasteiger partial charge in [-0.3, -0.25) is 18.7 Å². The van der Waals surface area contributed by atoms with E-state index in [1.54, 1.807) is 40.3 Å². The fourth-order valence-electron chi connectivity index (χ4n) is 3.41. The van der Waals surface area contributed by atoms with E-state index in [4.69, 9.17) is 0 Å². The van der Waals surface area contributed by atoms with Crippen molar-refractivity contribution < 1.29 is 9.59 Å². The van der Waals surface area contributed by atoms with Crippen LogP contribution in [0.1, 0.15) is 31.1 Å². The van der Waals surface area contributed by atoms with Crippen LogP contribution >= 0.6 is 0 Å². The van der Waals surface area contributed by atoms with Crippen LogP contribution in [0.3, 0.4) is 0 Å². The first-order valence-corrected chi connectivity index (χ1v) is 8.85. The maximum atomic E-state index is 12.8. The van der Waals surface area contributed by atoms with Crippen molar-refractivity contribution in [2.75, 3.05) is 26.2 Å². The Morgan fingerprint density at radius 1 is 0.885 bits per heavy atom. The lowest BCUT2D eigenvalue weighted by Gasteiger charge is -2.37. The quantitative estimate of drug-likeness (QED) is 0.769. The summed E-state index contributed by atoms with van der Waals surface area (Å²) in [5.41, 5.74) is 1.59. The topological polar surface area (TPSA) is 67.6 Å². The smallest absolute Gasteiger partial charge is 0.328 e. The van der Waals surface area contributed by atoms with Crippen molar-refractivity contribution in [1.29, 1.82) is 0 Å². The molecule has 0 radical (unpaired) electrons. The normalized spacial score (nSPS) is 15.6. The molecule has 2 aromatic rings. The van der Waals surface area contributed by atoms with Crippen LogP contribution in [0.25, 0.3) is 11.0 Å². The number of carbonyl (C=O) groups excluding carboxylic acids is 2. The molecule has 0 spiro atoms. The summed E-state index contributed by atoms with van der Waals surface area (Å²) in [7, 11) is 3.42. The van der Waals surface area contributed by atoms with E-state index < -0.39 is 5.41 Å². The predicted octanol–water partition coefficient (Wildman–Crippen LogP) is 1.21. The van der Waals surface area contributed by atoms with E-state index >= 15 is 0 Å². The van der Waals surface area contributed by atoms with Gasteiger partial charge in [0.25, 0.3) is 5.91 Å². The zero-order chi connectivity index (χ0) is 19.2. The zero-order valence-electron chi connectivity index (χ0n) is 16.1. The Morgan fingerprint density at radius 2 is 1.42 bits per heavy atom. The average Bonchev–Trinajstić information content (AvgIpc) is 2.84. The van der Waals surface area contributed by atoms with Crippen molar-refractivity contribution in [3.8, 4) is 0 Å². The van der Waals surface area contributed by atoms with Crippen molar-refractivity contribution in [3.05, 3.63) is 34.2 Å². The molecule has 0 bridgehead atoms. The molecule has 1 fully saturated rings. The van der Waals surface area contributed by atoms with Crippen LogP contribution < -0.4 is 5.69 Å². The monoisotopic (exact) mass is 358 g/mol. The van der Waals surface area contributed by atoms with E-state index in [1.165, 1.54) is 0 Å². The fraction of sp³-hybridized carbons (Fsp3) is 0.526. The number of carbonyl (C=O) groups is 2. The molecule has 2 heterocycles. The maximum Gasteiger partial charge on any atom is 0.328 e. The number of nitrogens with zero attached hydrogens (tertiary/aromatic N) is 4. The van der Waals surface area contributed by atoms with E-state index in [1.807, 2.05) is 31.7 Å². The first-order chi connectivity index (χ1) is 12.1. The Balaban J connectivity index is 1.77. The lowest BCUT2D eigenvalue weighted by atomic mass is 9.94. The molecule has 0 N–H and O–H groups in total. The number of rotatable bonds is 1. The molecular formula is C19H26N4O3. The van der Waals surface area contributed by atoms with Gasteiger partial charge >= 0.3 is 5.69 Å². The number of hydrogen-bond acceptors (Lipinski definition) is 3. The van der Waals surface area contributed by atoms with Gasteiger partial charge in [-0.25, -0.2) is 4.79 Å². The Morgan fingerprint density at radius 3 is 2.00 bits per heavy atom. The minimum atomic E-state index is -0.407. The van der Waals surface area contributed by atoms with E-state index in [0.29, 0.717) is 31.7 Å². The standard InChI is InChI=1S/C19H26N4O3/c1-19(2,3)17(25)23-10-8-22(9-11-23)16(24)13-6-7-14-15(12-13)21(5)18(26)20(14)4/h6-7,12H,8-11H2,1-5H3. The number of benzene rings is 1. The number of piperazine rings is 1. The highest BCUT2D eigenvalue weighted by molar-refractivity contribution is 5.97. The Labute approximate surface area is 152 Å². The summed E-state index contributed by atoms with van der Waals surface area (Å²) in [4.78, 5) is 40.9. The average molecular weight is 358 g/mol. The van der Waals surface area contributed by atoms with Crippen molar-refractivity contribution in [2.24, 2.45) is 19.5 Å². The van der Waals surface area contributed by atoms with Crippen molar-refractivity contribution in [2.45, 2.75) is 20.8 Å². The summed E-state index contributed by atoms with van der Waals surface area (Å²) >= 11 is 0. The first-order valence-electron chi connectivity index (χ1n) is 8.85. The van der Waals surface area contributed by atoms with E-state index in [-0.39, 0.29) is 17.5 Å². The molecule has 7 nitrogen and oxygen atoms in total. The van der Waals surface area contributed by atoms with Gasteiger partial charge in [-0.1, -0.05) is 20.8 Å².